The van der Waals surface area contributed by atoms with Crippen LogP contribution < -0.4 is 10.1 Å². The minimum absolute atomic E-state index is 0.0391. The zero-order chi connectivity index (χ0) is 14.5. The van der Waals surface area contributed by atoms with Crippen molar-refractivity contribution in [2.75, 3.05) is 0 Å². The minimum atomic E-state index is 0.0391. The lowest BCUT2D eigenvalue weighted by atomic mass is 10.1. The molecule has 0 aliphatic rings. The summed E-state index contributed by atoms with van der Waals surface area (Å²) in [6.45, 7) is 11.2. The zero-order valence-corrected chi connectivity index (χ0v) is 13.3. The van der Waals surface area contributed by atoms with Crippen LogP contribution in [0.1, 0.15) is 53.2 Å². The molecule has 0 spiro atoms. The Morgan fingerprint density at radius 1 is 1.37 bits per heavy atom. The molecule has 1 rings (SSSR count). The van der Waals surface area contributed by atoms with Crippen molar-refractivity contribution >= 4 is 11.6 Å². The van der Waals surface area contributed by atoms with Gasteiger partial charge >= 0.3 is 0 Å². The summed E-state index contributed by atoms with van der Waals surface area (Å²) < 4.78 is 5.78. The number of hydrogen-bond donors (Lipinski definition) is 1. The molecule has 1 N–H and O–H groups in total. The van der Waals surface area contributed by atoms with Gasteiger partial charge in [0.15, 0.2) is 0 Å². The van der Waals surface area contributed by atoms with Gasteiger partial charge in [-0.15, -0.1) is 0 Å². The molecular weight excluding hydrogens is 260 g/mol. The van der Waals surface area contributed by atoms with Crippen molar-refractivity contribution in [2.24, 2.45) is 0 Å². The Morgan fingerprint density at radius 2 is 2.05 bits per heavy atom. The smallest absolute Gasteiger partial charge is 0.213 e. The lowest BCUT2D eigenvalue weighted by Gasteiger charge is -2.21. The Morgan fingerprint density at radius 3 is 2.63 bits per heavy atom. The van der Waals surface area contributed by atoms with Crippen LogP contribution in [-0.2, 0) is 6.54 Å². The second-order valence-corrected chi connectivity index (χ2v) is 6.31. The SMILES string of the molecule is CCCC(C)Oc1ccc(Cl)c(CNC(C)(C)C)n1. The van der Waals surface area contributed by atoms with Crippen LogP contribution in [0.15, 0.2) is 12.1 Å². The van der Waals surface area contributed by atoms with Crippen molar-refractivity contribution in [1.82, 2.24) is 10.3 Å². The minimum Gasteiger partial charge on any atom is -0.475 e. The predicted molar refractivity (Wildman–Crippen MR) is 80.8 cm³/mol. The van der Waals surface area contributed by atoms with E-state index in [4.69, 9.17) is 16.3 Å². The van der Waals surface area contributed by atoms with Crippen LogP contribution in [0.25, 0.3) is 0 Å². The number of aromatic nitrogens is 1. The Balaban J connectivity index is 2.71. The van der Waals surface area contributed by atoms with Crippen molar-refractivity contribution in [3.05, 3.63) is 22.8 Å². The van der Waals surface area contributed by atoms with Crippen molar-refractivity contribution in [3.63, 3.8) is 0 Å². The molecular formula is C15H25ClN2O. The number of rotatable bonds is 6. The van der Waals surface area contributed by atoms with Gasteiger partial charge in [0.25, 0.3) is 0 Å². The second kappa shape index (κ2) is 7.11. The van der Waals surface area contributed by atoms with Crippen LogP contribution in [0, 0.1) is 0 Å². The lowest BCUT2D eigenvalue weighted by molar-refractivity contribution is 0.201. The molecule has 1 aromatic rings. The van der Waals surface area contributed by atoms with Crippen molar-refractivity contribution in [1.29, 1.82) is 0 Å². The van der Waals surface area contributed by atoms with E-state index in [2.05, 4.69) is 44.9 Å². The summed E-state index contributed by atoms with van der Waals surface area (Å²) in [6, 6.07) is 3.68. The van der Waals surface area contributed by atoms with E-state index in [1.165, 1.54) is 0 Å². The molecule has 3 nitrogen and oxygen atoms in total. The van der Waals surface area contributed by atoms with Gasteiger partial charge in [-0.1, -0.05) is 24.9 Å². The Kier molecular flexibility index (Phi) is 6.08. The fourth-order valence-corrected chi connectivity index (χ4v) is 1.85. The highest BCUT2D eigenvalue weighted by Gasteiger charge is 2.12. The largest absolute Gasteiger partial charge is 0.475 e. The number of nitrogens with zero attached hydrogens (tertiary/aromatic N) is 1. The van der Waals surface area contributed by atoms with Gasteiger partial charge in [-0.05, 0) is 40.2 Å². The maximum absolute atomic E-state index is 6.16. The van der Waals surface area contributed by atoms with Crippen LogP contribution in [0.3, 0.4) is 0 Å². The third-order valence-corrected chi connectivity index (χ3v) is 3.04. The first-order valence-corrected chi connectivity index (χ1v) is 7.26. The molecule has 1 unspecified atom stereocenters. The van der Waals surface area contributed by atoms with Gasteiger partial charge in [-0.2, -0.15) is 0 Å². The normalized spacial score (nSPS) is 13.4. The topological polar surface area (TPSA) is 34.1 Å². The number of pyridine rings is 1. The summed E-state index contributed by atoms with van der Waals surface area (Å²) in [4.78, 5) is 4.48. The standard InChI is InChI=1S/C15H25ClN2O/c1-6-7-11(2)19-14-9-8-12(16)13(18-14)10-17-15(3,4)5/h8-9,11,17H,6-7,10H2,1-5H3. The van der Waals surface area contributed by atoms with Crippen LogP contribution in [-0.4, -0.2) is 16.6 Å². The fraction of sp³-hybridized carbons (Fsp3) is 0.667. The summed E-state index contributed by atoms with van der Waals surface area (Å²) in [5, 5.41) is 4.06. The number of ether oxygens (including phenoxy) is 1. The summed E-state index contributed by atoms with van der Waals surface area (Å²) in [7, 11) is 0. The first kappa shape index (κ1) is 16.3. The van der Waals surface area contributed by atoms with E-state index in [-0.39, 0.29) is 11.6 Å². The van der Waals surface area contributed by atoms with E-state index in [0.29, 0.717) is 17.4 Å². The molecule has 0 aliphatic heterocycles. The van der Waals surface area contributed by atoms with Crippen LogP contribution in [0.5, 0.6) is 5.88 Å². The highest BCUT2D eigenvalue weighted by atomic mass is 35.5. The Labute approximate surface area is 121 Å². The van der Waals surface area contributed by atoms with E-state index in [1.54, 1.807) is 0 Å². The molecule has 0 saturated carbocycles. The van der Waals surface area contributed by atoms with Gasteiger partial charge in [0.2, 0.25) is 5.88 Å². The van der Waals surface area contributed by atoms with Crippen molar-refractivity contribution in [3.8, 4) is 5.88 Å². The van der Waals surface area contributed by atoms with Gasteiger partial charge in [-0.25, -0.2) is 4.98 Å². The third kappa shape index (κ3) is 6.26. The average Bonchev–Trinajstić information content (AvgIpc) is 2.29. The second-order valence-electron chi connectivity index (χ2n) is 5.90. The first-order valence-electron chi connectivity index (χ1n) is 6.89. The Bertz CT molecular complexity index is 402. The maximum Gasteiger partial charge on any atom is 0.213 e. The number of hydrogen-bond acceptors (Lipinski definition) is 3. The number of halogens is 1. The highest BCUT2D eigenvalue weighted by molar-refractivity contribution is 6.31. The molecule has 0 aliphatic carbocycles. The van der Waals surface area contributed by atoms with Gasteiger partial charge in [-0.3, -0.25) is 0 Å². The third-order valence-electron chi connectivity index (χ3n) is 2.70. The van der Waals surface area contributed by atoms with E-state index < -0.39 is 0 Å². The molecule has 108 valence electrons. The van der Waals surface area contributed by atoms with E-state index in [9.17, 15) is 0 Å². The van der Waals surface area contributed by atoms with Crippen molar-refractivity contribution < 1.29 is 4.74 Å². The van der Waals surface area contributed by atoms with Crippen LogP contribution in [0.2, 0.25) is 5.02 Å². The predicted octanol–water partition coefficient (Wildman–Crippen LogP) is 4.19. The molecule has 0 bridgehead atoms. The first-order chi connectivity index (χ1) is 8.81. The van der Waals surface area contributed by atoms with Crippen molar-refractivity contribution in [2.45, 2.75) is 65.6 Å². The molecule has 0 fully saturated rings. The van der Waals surface area contributed by atoms with E-state index in [0.717, 1.165) is 18.5 Å². The fourth-order valence-electron chi connectivity index (χ4n) is 1.67. The molecule has 0 aromatic carbocycles. The zero-order valence-electron chi connectivity index (χ0n) is 12.6. The summed E-state index contributed by atoms with van der Waals surface area (Å²) in [5.74, 6) is 0.649. The quantitative estimate of drug-likeness (QED) is 0.850. The number of nitrogens with one attached hydrogen (secondary N) is 1. The molecule has 1 atom stereocenters. The maximum atomic E-state index is 6.16. The molecule has 0 saturated heterocycles. The van der Waals surface area contributed by atoms with Gasteiger partial charge in [0.05, 0.1) is 16.8 Å². The summed E-state index contributed by atoms with van der Waals surface area (Å²) in [5.41, 5.74) is 0.870. The molecule has 0 amide bonds. The van der Waals surface area contributed by atoms with Crippen LogP contribution >= 0.6 is 11.6 Å². The molecule has 1 heterocycles. The van der Waals surface area contributed by atoms with Gasteiger partial charge < -0.3 is 10.1 Å². The van der Waals surface area contributed by atoms with E-state index >= 15 is 0 Å². The van der Waals surface area contributed by atoms with Gasteiger partial charge in [0, 0.05) is 18.2 Å². The summed E-state index contributed by atoms with van der Waals surface area (Å²) in [6.07, 6.45) is 2.31. The lowest BCUT2D eigenvalue weighted by Crippen LogP contribution is -2.35. The average molecular weight is 285 g/mol. The molecule has 1 aromatic heterocycles. The highest BCUT2D eigenvalue weighted by Crippen LogP contribution is 2.20. The molecule has 4 heteroatoms. The Hall–Kier alpha value is -0.800. The van der Waals surface area contributed by atoms with E-state index in [1.807, 2.05) is 12.1 Å². The van der Waals surface area contributed by atoms with Crippen LogP contribution in [0.4, 0.5) is 0 Å². The molecule has 0 radical (unpaired) electrons. The van der Waals surface area contributed by atoms with Gasteiger partial charge in [0.1, 0.15) is 0 Å². The summed E-state index contributed by atoms with van der Waals surface area (Å²) >= 11 is 6.16. The molecule has 19 heavy (non-hydrogen) atoms. The monoisotopic (exact) mass is 284 g/mol.